The zero-order valence-electron chi connectivity index (χ0n) is 16.7. The van der Waals surface area contributed by atoms with Gasteiger partial charge in [0, 0.05) is 17.4 Å². The van der Waals surface area contributed by atoms with Crippen LogP contribution in [0.2, 0.25) is 5.15 Å². The van der Waals surface area contributed by atoms with Crippen LogP contribution < -0.4 is 15.4 Å². The summed E-state index contributed by atoms with van der Waals surface area (Å²) in [5, 5.41) is 0.199. The Morgan fingerprint density at radius 2 is 1.80 bits per heavy atom. The Kier molecular flexibility index (Phi) is 5.07. The van der Waals surface area contributed by atoms with Crippen LogP contribution in [0.4, 0.5) is 21.5 Å². The lowest BCUT2D eigenvalue weighted by Crippen LogP contribution is -2.46. The Morgan fingerprint density at radius 1 is 1.07 bits per heavy atom. The van der Waals surface area contributed by atoms with E-state index >= 15 is 0 Å². The molecule has 0 aliphatic carbocycles. The van der Waals surface area contributed by atoms with Crippen molar-refractivity contribution in [1.29, 1.82) is 0 Å². The van der Waals surface area contributed by atoms with Gasteiger partial charge in [0.15, 0.2) is 0 Å². The normalized spacial score (nSPS) is 13.7. The zero-order valence-corrected chi connectivity index (χ0v) is 17.5. The van der Waals surface area contributed by atoms with E-state index in [0.717, 1.165) is 11.3 Å². The van der Waals surface area contributed by atoms with Crippen molar-refractivity contribution < 1.29 is 9.18 Å². The number of rotatable bonds is 3. The lowest BCUT2D eigenvalue weighted by Gasteiger charge is -2.39. The molecule has 8 heteroatoms. The highest BCUT2D eigenvalue weighted by Crippen LogP contribution is 2.39. The minimum atomic E-state index is -0.321. The summed E-state index contributed by atoms with van der Waals surface area (Å²) < 4.78 is 14.0. The summed E-state index contributed by atoms with van der Waals surface area (Å²) >= 11 is 6.09. The Hall–Kier alpha value is -3.19. The van der Waals surface area contributed by atoms with Crippen LogP contribution in [-0.4, -0.2) is 22.5 Å². The van der Waals surface area contributed by atoms with Gasteiger partial charge in [-0.05, 0) is 48.7 Å². The van der Waals surface area contributed by atoms with Crippen molar-refractivity contribution >= 4 is 34.6 Å². The van der Waals surface area contributed by atoms with Crippen molar-refractivity contribution in [2.45, 2.75) is 26.7 Å². The molecule has 1 aliphatic rings. The maximum Gasteiger partial charge on any atom is 0.262 e. The van der Waals surface area contributed by atoms with E-state index in [9.17, 15) is 14.0 Å². The number of H-pyrrole nitrogens is 1. The number of amides is 1. The van der Waals surface area contributed by atoms with Gasteiger partial charge in [0.05, 0.1) is 23.1 Å². The fourth-order valence-corrected chi connectivity index (χ4v) is 3.88. The van der Waals surface area contributed by atoms with Crippen molar-refractivity contribution in [2.75, 3.05) is 16.5 Å². The molecular formula is C22H20ClFN4O2. The third kappa shape index (κ3) is 3.45. The summed E-state index contributed by atoms with van der Waals surface area (Å²) in [4.78, 5) is 35.3. The van der Waals surface area contributed by atoms with Gasteiger partial charge in [0.2, 0.25) is 5.56 Å². The standard InChI is InChI=1S/C22H20ClFN4O2/c1-12(2)15-8-14(24)4-5-18(15)27-11-28(17-6-7-21(29)26-13(17)3)22(30)16-9-20(23)25-10-19(16)27/h4-10,12H,11H2,1-3H3,(H,26,29). The molecule has 0 radical (unpaired) electrons. The molecule has 0 fully saturated rings. The van der Waals surface area contributed by atoms with E-state index in [0.29, 0.717) is 22.6 Å². The second-order valence-corrected chi connectivity index (χ2v) is 7.90. The highest BCUT2D eigenvalue weighted by atomic mass is 35.5. The fraction of sp³-hybridized carbons (Fsp3) is 0.227. The lowest BCUT2D eigenvalue weighted by molar-refractivity contribution is 0.0983. The first kappa shape index (κ1) is 20.1. The van der Waals surface area contributed by atoms with Crippen LogP contribution in [0.3, 0.4) is 0 Å². The first-order valence-electron chi connectivity index (χ1n) is 9.50. The molecule has 0 bridgehead atoms. The van der Waals surface area contributed by atoms with Crippen molar-refractivity contribution in [3.05, 3.63) is 80.7 Å². The summed E-state index contributed by atoms with van der Waals surface area (Å²) in [5.74, 6) is -0.521. The SMILES string of the molecule is Cc1[nH]c(=O)ccc1N1CN(c2ccc(F)cc2C(C)C)c2cnc(Cl)cc2C1=O. The molecule has 30 heavy (non-hydrogen) atoms. The van der Waals surface area contributed by atoms with E-state index in [1.807, 2.05) is 18.7 Å². The van der Waals surface area contributed by atoms with Crippen LogP contribution >= 0.6 is 11.6 Å². The number of halogens is 2. The van der Waals surface area contributed by atoms with E-state index < -0.39 is 0 Å². The molecule has 0 unspecified atom stereocenters. The molecule has 0 saturated heterocycles. The van der Waals surface area contributed by atoms with Crippen LogP contribution in [-0.2, 0) is 0 Å². The number of aromatic amines is 1. The van der Waals surface area contributed by atoms with Gasteiger partial charge in [-0.1, -0.05) is 25.4 Å². The number of anilines is 3. The molecule has 6 nitrogen and oxygen atoms in total. The molecule has 0 saturated carbocycles. The Balaban J connectivity index is 1.92. The topological polar surface area (TPSA) is 69.3 Å². The molecule has 2 aromatic heterocycles. The van der Waals surface area contributed by atoms with E-state index in [-0.39, 0.29) is 35.0 Å². The molecule has 1 aromatic carbocycles. The highest BCUT2D eigenvalue weighted by Gasteiger charge is 2.33. The van der Waals surface area contributed by atoms with Crippen molar-refractivity contribution in [3.8, 4) is 0 Å². The number of carbonyl (C=O) groups is 1. The molecule has 3 heterocycles. The molecule has 4 rings (SSSR count). The number of fused-ring (bicyclic) bond motifs is 1. The molecule has 3 aromatic rings. The molecular weight excluding hydrogens is 407 g/mol. The Bertz CT molecular complexity index is 1210. The molecule has 1 N–H and O–H groups in total. The van der Waals surface area contributed by atoms with Gasteiger partial charge >= 0.3 is 0 Å². The Labute approximate surface area is 177 Å². The summed E-state index contributed by atoms with van der Waals surface area (Å²) in [6.45, 7) is 5.88. The molecule has 1 amide bonds. The predicted octanol–water partition coefficient (Wildman–Crippen LogP) is 4.75. The largest absolute Gasteiger partial charge is 0.324 e. The maximum atomic E-state index is 14.0. The average molecular weight is 427 g/mol. The lowest BCUT2D eigenvalue weighted by atomic mass is 9.99. The molecule has 0 spiro atoms. The van der Waals surface area contributed by atoms with E-state index in [2.05, 4.69) is 9.97 Å². The van der Waals surface area contributed by atoms with E-state index in [1.165, 1.54) is 24.3 Å². The van der Waals surface area contributed by atoms with Gasteiger partial charge in [-0.25, -0.2) is 9.37 Å². The predicted molar refractivity (Wildman–Crippen MR) is 115 cm³/mol. The minimum absolute atomic E-state index is 0.0558. The monoisotopic (exact) mass is 426 g/mol. The number of benzene rings is 1. The van der Waals surface area contributed by atoms with Crippen molar-refractivity contribution in [3.63, 3.8) is 0 Å². The van der Waals surface area contributed by atoms with Gasteiger partial charge in [0.25, 0.3) is 5.91 Å². The van der Waals surface area contributed by atoms with E-state index in [1.54, 1.807) is 30.2 Å². The quantitative estimate of drug-likeness (QED) is 0.613. The van der Waals surface area contributed by atoms with Crippen molar-refractivity contribution in [1.82, 2.24) is 9.97 Å². The van der Waals surface area contributed by atoms with Gasteiger partial charge in [-0.15, -0.1) is 0 Å². The molecule has 0 atom stereocenters. The summed E-state index contributed by atoms with van der Waals surface area (Å²) in [6.07, 6.45) is 1.56. The molecule has 1 aliphatic heterocycles. The number of nitrogens with zero attached hydrogens (tertiary/aromatic N) is 3. The third-order valence-corrected chi connectivity index (χ3v) is 5.39. The van der Waals surface area contributed by atoms with Crippen molar-refractivity contribution in [2.24, 2.45) is 0 Å². The van der Waals surface area contributed by atoms with Crippen LogP contribution in [0.25, 0.3) is 0 Å². The van der Waals surface area contributed by atoms with Crippen LogP contribution in [0.15, 0.2) is 47.4 Å². The van der Waals surface area contributed by atoms with Gasteiger partial charge in [0.1, 0.15) is 17.6 Å². The van der Waals surface area contributed by atoms with Gasteiger partial charge in [-0.2, -0.15) is 0 Å². The second kappa shape index (κ2) is 7.57. The number of aryl methyl sites for hydroxylation is 1. The third-order valence-electron chi connectivity index (χ3n) is 5.18. The number of hydrogen-bond acceptors (Lipinski definition) is 4. The summed E-state index contributed by atoms with van der Waals surface area (Å²) in [5.41, 5.74) is 3.46. The number of carbonyl (C=O) groups excluding carboxylic acids is 1. The maximum absolute atomic E-state index is 14.0. The first-order valence-corrected chi connectivity index (χ1v) is 9.88. The number of hydrogen-bond donors (Lipinski definition) is 1. The van der Waals surface area contributed by atoms with Crippen LogP contribution in [0, 0.1) is 12.7 Å². The first-order chi connectivity index (χ1) is 14.3. The Morgan fingerprint density at radius 3 is 2.50 bits per heavy atom. The van der Waals surface area contributed by atoms with E-state index in [4.69, 9.17) is 11.6 Å². The van der Waals surface area contributed by atoms with Crippen LogP contribution in [0.5, 0.6) is 0 Å². The zero-order chi connectivity index (χ0) is 21.6. The fourth-order valence-electron chi connectivity index (χ4n) is 3.72. The number of pyridine rings is 2. The smallest absolute Gasteiger partial charge is 0.262 e. The average Bonchev–Trinajstić information content (AvgIpc) is 2.69. The summed E-state index contributed by atoms with van der Waals surface area (Å²) in [6, 6.07) is 9.14. The van der Waals surface area contributed by atoms with Crippen LogP contribution in [0.1, 0.15) is 41.4 Å². The minimum Gasteiger partial charge on any atom is -0.324 e. The number of nitrogens with one attached hydrogen (secondary N) is 1. The molecule has 154 valence electrons. The summed E-state index contributed by atoms with van der Waals surface area (Å²) in [7, 11) is 0. The second-order valence-electron chi connectivity index (χ2n) is 7.52. The van der Waals surface area contributed by atoms with Gasteiger partial charge < -0.3 is 9.88 Å². The van der Waals surface area contributed by atoms with Gasteiger partial charge in [-0.3, -0.25) is 14.5 Å². The highest BCUT2D eigenvalue weighted by molar-refractivity contribution is 6.30. The number of aromatic nitrogens is 2.